The van der Waals surface area contributed by atoms with Gasteiger partial charge in [-0.05, 0) is 175 Å². The predicted molar refractivity (Wildman–Crippen MR) is 264 cm³/mol. The third-order valence-corrected chi connectivity index (χ3v) is 19.6. The molecule has 0 radical (unpaired) electrons. The maximum Gasteiger partial charge on any atom is 0.306 e. The van der Waals surface area contributed by atoms with Crippen LogP contribution in [0.2, 0.25) is 0 Å². The third kappa shape index (κ3) is 15.6. The van der Waals surface area contributed by atoms with Crippen molar-refractivity contribution >= 4 is 23.9 Å². The van der Waals surface area contributed by atoms with Crippen molar-refractivity contribution in [2.24, 2.45) is 71.0 Å². The molecule has 68 heavy (non-hydrogen) atoms. The van der Waals surface area contributed by atoms with E-state index in [-0.39, 0.29) is 49.9 Å². The van der Waals surface area contributed by atoms with Gasteiger partial charge in [0.1, 0.15) is 19.3 Å². The third-order valence-electron chi connectivity index (χ3n) is 19.6. The van der Waals surface area contributed by atoms with Gasteiger partial charge in [-0.2, -0.15) is 0 Å². The fourth-order valence-corrected chi connectivity index (χ4v) is 16.1. The van der Waals surface area contributed by atoms with Gasteiger partial charge >= 0.3 is 23.9 Å². The second-order valence-corrected chi connectivity index (χ2v) is 24.6. The molecule has 8 aliphatic rings. The van der Waals surface area contributed by atoms with Crippen molar-refractivity contribution in [1.29, 1.82) is 0 Å². The van der Waals surface area contributed by atoms with Crippen LogP contribution in [0.1, 0.15) is 212 Å². The second-order valence-electron chi connectivity index (χ2n) is 24.6. The Hall–Kier alpha value is -2.20. The highest BCUT2D eigenvalue weighted by molar-refractivity contribution is 5.71. The standard InChI is InChI=1S/C58H95NO9/c1-59(2)28-11-29-64-58(52(67-56(62)26-22-42-34-48-16-7-8-17-49(48)35-42)38-65-54(60)24-20-40-30-44-12-3-4-13-45(44)31-40)53(68-57(63)27-23-43-36-50-18-9-10-19-51(50)37-43)39-66-55(61)25-21-41-32-46-14-5-6-15-47(46)33-41/h40-53,58H,3-39H2,1-2H3. The highest BCUT2D eigenvalue weighted by atomic mass is 16.6. The molecule has 0 aliphatic heterocycles. The minimum Gasteiger partial charge on any atom is -0.462 e. The number of carbonyl (C=O) groups excluding carboxylic acids is 4. The van der Waals surface area contributed by atoms with Gasteiger partial charge in [0, 0.05) is 32.3 Å². The lowest BCUT2D eigenvalue weighted by Crippen LogP contribution is -2.49. The van der Waals surface area contributed by atoms with Crippen molar-refractivity contribution < 1.29 is 42.9 Å². The molecule has 0 amide bonds. The van der Waals surface area contributed by atoms with Gasteiger partial charge in [-0.25, -0.2) is 0 Å². The van der Waals surface area contributed by atoms with Crippen molar-refractivity contribution in [2.45, 2.75) is 230 Å². The van der Waals surface area contributed by atoms with E-state index in [1.54, 1.807) is 0 Å². The summed E-state index contributed by atoms with van der Waals surface area (Å²) < 4.78 is 31.7. The summed E-state index contributed by atoms with van der Waals surface area (Å²) in [6.45, 7) is 0.660. The first-order chi connectivity index (χ1) is 33.1. The number of nitrogens with zero attached hydrogens (tertiary/aromatic N) is 1. The van der Waals surface area contributed by atoms with Crippen LogP contribution in [0.15, 0.2) is 0 Å². The van der Waals surface area contributed by atoms with E-state index in [0.717, 1.165) is 79.6 Å². The van der Waals surface area contributed by atoms with E-state index in [0.29, 0.717) is 49.5 Å². The molecule has 0 spiro atoms. The first-order valence-corrected chi connectivity index (χ1v) is 29.1. The van der Waals surface area contributed by atoms with Crippen LogP contribution < -0.4 is 0 Å². The summed E-state index contributed by atoms with van der Waals surface area (Å²) in [4.78, 5) is 57.5. The molecule has 8 saturated carbocycles. The topological polar surface area (TPSA) is 118 Å². The normalized spacial score (nSPS) is 34.5. The fraction of sp³-hybridized carbons (Fsp3) is 0.931. The van der Waals surface area contributed by atoms with Gasteiger partial charge in [0.05, 0.1) is 0 Å². The molecule has 10 nitrogen and oxygen atoms in total. The van der Waals surface area contributed by atoms with Crippen LogP contribution in [0.5, 0.6) is 0 Å². The molecule has 0 aromatic carbocycles. The molecular formula is C58H95NO9. The zero-order valence-electron chi connectivity index (χ0n) is 42.9. The van der Waals surface area contributed by atoms with Gasteiger partial charge in [0.25, 0.3) is 0 Å². The van der Waals surface area contributed by atoms with E-state index < -0.39 is 18.3 Å². The molecule has 386 valence electrons. The lowest BCUT2D eigenvalue weighted by atomic mass is 9.82. The van der Waals surface area contributed by atoms with Gasteiger partial charge in [0.2, 0.25) is 0 Å². The van der Waals surface area contributed by atoms with Gasteiger partial charge < -0.3 is 28.6 Å². The number of carbonyl (C=O) groups is 4. The maximum atomic E-state index is 14.1. The number of ether oxygens (including phenoxy) is 5. The zero-order valence-corrected chi connectivity index (χ0v) is 42.9. The quantitative estimate of drug-likeness (QED) is 0.0497. The molecule has 8 aliphatic carbocycles. The zero-order chi connectivity index (χ0) is 47.2. The summed E-state index contributed by atoms with van der Waals surface area (Å²) in [5, 5.41) is 0. The Kier molecular flexibility index (Phi) is 20.3. The Morgan fingerprint density at radius 1 is 0.426 bits per heavy atom. The molecule has 0 aromatic rings. The summed E-state index contributed by atoms with van der Waals surface area (Å²) >= 11 is 0. The van der Waals surface area contributed by atoms with E-state index in [4.69, 9.17) is 23.7 Å². The first kappa shape index (κ1) is 52.1. The molecule has 10 heteroatoms. The van der Waals surface area contributed by atoms with Gasteiger partial charge in [-0.1, -0.05) is 103 Å². The molecule has 0 aromatic heterocycles. The molecule has 0 saturated heterocycles. The molecule has 0 heterocycles. The van der Waals surface area contributed by atoms with Gasteiger partial charge in [0.15, 0.2) is 12.2 Å². The summed E-state index contributed by atoms with van der Waals surface area (Å²) in [5.41, 5.74) is 0. The van der Waals surface area contributed by atoms with Gasteiger partial charge in [-0.3, -0.25) is 19.2 Å². The predicted octanol–water partition coefficient (Wildman–Crippen LogP) is 12.2. The lowest BCUT2D eigenvalue weighted by molar-refractivity contribution is -0.193. The number of rotatable bonds is 25. The van der Waals surface area contributed by atoms with Crippen LogP contribution in [0, 0.1) is 71.0 Å². The molecular weight excluding hydrogens is 855 g/mol. The van der Waals surface area contributed by atoms with Crippen LogP contribution in [-0.4, -0.2) is 87.5 Å². The molecule has 8 rings (SSSR count). The second kappa shape index (κ2) is 26.5. The molecule has 0 N–H and O–H groups in total. The largest absolute Gasteiger partial charge is 0.462 e. The lowest BCUT2D eigenvalue weighted by Gasteiger charge is -2.33. The molecule has 0 bridgehead atoms. The monoisotopic (exact) mass is 950 g/mol. The Morgan fingerprint density at radius 2 is 0.706 bits per heavy atom. The number of esters is 4. The van der Waals surface area contributed by atoms with Crippen molar-refractivity contribution in [3.05, 3.63) is 0 Å². The number of hydrogen-bond donors (Lipinski definition) is 0. The molecule has 8 fully saturated rings. The van der Waals surface area contributed by atoms with E-state index >= 15 is 0 Å². The van der Waals surface area contributed by atoms with Gasteiger partial charge in [-0.15, -0.1) is 0 Å². The molecule has 10 atom stereocenters. The van der Waals surface area contributed by atoms with E-state index in [1.165, 1.54) is 154 Å². The van der Waals surface area contributed by atoms with Crippen molar-refractivity contribution in [1.82, 2.24) is 4.90 Å². The summed E-state index contributed by atoms with van der Waals surface area (Å²) in [7, 11) is 4.03. The average Bonchev–Trinajstić information content (AvgIpc) is 4.16. The summed E-state index contributed by atoms with van der Waals surface area (Å²) in [6, 6.07) is 0. The van der Waals surface area contributed by atoms with Crippen molar-refractivity contribution in [2.75, 3.05) is 40.5 Å². The van der Waals surface area contributed by atoms with Crippen LogP contribution >= 0.6 is 0 Å². The van der Waals surface area contributed by atoms with Crippen molar-refractivity contribution in [3.63, 3.8) is 0 Å². The minimum absolute atomic E-state index is 0.205. The first-order valence-electron chi connectivity index (χ1n) is 29.1. The Balaban J connectivity index is 0.951. The fourth-order valence-electron chi connectivity index (χ4n) is 16.1. The van der Waals surface area contributed by atoms with Crippen LogP contribution in [-0.2, 0) is 42.9 Å². The highest BCUT2D eigenvalue weighted by Gasteiger charge is 2.42. The smallest absolute Gasteiger partial charge is 0.306 e. The highest BCUT2D eigenvalue weighted by Crippen LogP contribution is 2.49. The number of fused-ring (bicyclic) bond motifs is 4. The van der Waals surface area contributed by atoms with E-state index in [9.17, 15) is 19.2 Å². The number of hydrogen-bond acceptors (Lipinski definition) is 10. The minimum atomic E-state index is -1.04. The Bertz CT molecular complexity index is 1420. The van der Waals surface area contributed by atoms with E-state index in [1.807, 2.05) is 14.1 Å². The average molecular weight is 950 g/mol. The summed E-state index contributed by atoms with van der Waals surface area (Å²) in [6.07, 6.45) is 32.6. The Morgan fingerprint density at radius 3 is 0.985 bits per heavy atom. The molecule has 10 unspecified atom stereocenters. The van der Waals surface area contributed by atoms with Crippen LogP contribution in [0.3, 0.4) is 0 Å². The van der Waals surface area contributed by atoms with E-state index in [2.05, 4.69) is 4.90 Å². The van der Waals surface area contributed by atoms with Crippen molar-refractivity contribution in [3.8, 4) is 0 Å². The summed E-state index contributed by atoms with van der Waals surface area (Å²) in [5.74, 6) is 7.13. The van der Waals surface area contributed by atoms with Crippen LogP contribution in [0.4, 0.5) is 0 Å². The SMILES string of the molecule is CN(C)CCCOC(C(COC(=O)CCC1CC2CCCCC2C1)OC(=O)CCC1CC2CCCCC2C1)C(COC(=O)CCC1CC2CCCCC2C1)OC(=O)CCC1CC2CCCCC2C1. The Labute approximate surface area is 411 Å². The maximum absolute atomic E-state index is 14.1. The van der Waals surface area contributed by atoms with Crippen LogP contribution in [0.25, 0.3) is 0 Å².